The van der Waals surface area contributed by atoms with Crippen molar-refractivity contribution >= 4 is 45.9 Å². The number of rotatable bonds is 10. The number of piperidine rings is 1. The fourth-order valence-electron chi connectivity index (χ4n) is 5.68. The zero-order valence-corrected chi connectivity index (χ0v) is 27.1. The van der Waals surface area contributed by atoms with Crippen LogP contribution in [0.5, 0.6) is 5.75 Å². The van der Waals surface area contributed by atoms with E-state index in [1.165, 1.54) is 38.5 Å². The van der Waals surface area contributed by atoms with Gasteiger partial charge < -0.3 is 19.7 Å². The molecule has 2 aliphatic rings. The summed E-state index contributed by atoms with van der Waals surface area (Å²) < 4.78 is 37.6. The summed E-state index contributed by atoms with van der Waals surface area (Å²) >= 11 is 5.98. The second kappa shape index (κ2) is 12.9. The number of carbonyl (C=O) groups excluding carboxylic acids is 3. The van der Waals surface area contributed by atoms with Gasteiger partial charge in [0, 0.05) is 45.5 Å². The normalized spacial score (nSPS) is 22.1. The second-order valence-corrected chi connectivity index (χ2v) is 15.3. The predicted molar refractivity (Wildman–Crippen MR) is 165 cm³/mol. The van der Waals surface area contributed by atoms with Gasteiger partial charge in [0.25, 0.3) is 0 Å². The molecule has 0 aromatic heterocycles. The molecule has 1 heterocycles. The Morgan fingerprint density at radius 2 is 1.86 bits per heavy atom. The Morgan fingerprint density at radius 1 is 1.16 bits per heavy atom. The minimum Gasteiger partial charge on any atom is -0.496 e. The number of halogens is 2. The van der Waals surface area contributed by atoms with Gasteiger partial charge in [0.05, 0.1) is 30.7 Å². The lowest BCUT2D eigenvalue weighted by Crippen LogP contribution is -2.56. The first-order valence-corrected chi connectivity index (χ1v) is 16.1. The van der Waals surface area contributed by atoms with E-state index in [0.29, 0.717) is 29.8 Å². The average Bonchev–Trinajstić information content (AvgIpc) is 3.79. The Balaban J connectivity index is 1.63. The number of nitrogens with one attached hydrogen (secondary N) is 1. The van der Waals surface area contributed by atoms with Gasteiger partial charge in [0.15, 0.2) is 0 Å². The van der Waals surface area contributed by atoms with E-state index in [4.69, 9.17) is 21.1 Å². The van der Waals surface area contributed by atoms with Crippen LogP contribution in [-0.4, -0.2) is 57.7 Å². The molecule has 1 saturated heterocycles. The molecule has 3 unspecified atom stereocenters. The van der Waals surface area contributed by atoms with E-state index < -0.39 is 38.8 Å². The lowest BCUT2D eigenvalue weighted by molar-refractivity contribution is -0.155. The summed E-state index contributed by atoms with van der Waals surface area (Å²) in [6, 6.07) is 8.45. The van der Waals surface area contributed by atoms with Crippen molar-refractivity contribution in [3.05, 3.63) is 58.4 Å². The fourth-order valence-corrected chi connectivity index (χ4v) is 7.04. The number of anilines is 1. The molecule has 1 aliphatic heterocycles. The lowest BCUT2D eigenvalue weighted by atomic mass is 9.74. The third-order valence-electron chi connectivity index (χ3n) is 8.35. The van der Waals surface area contributed by atoms with E-state index in [-0.39, 0.29) is 46.5 Å². The molecule has 0 radical (unpaired) electrons. The van der Waals surface area contributed by atoms with Crippen LogP contribution in [0.2, 0.25) is 5.02 Å². The van der Waals surface area contributed by atoms with Crippen LogP contribution in [0.25, 0.3) is 0 Å². The first-order valence-electron chi connectivity index (χ1n) is 14.4. The van der Waals surface area contributed by atoms with E-state index >= 15 is 0 Å². The van der Waals surface area contributed by atoms with Crippen molar-refractivity contribution in [2.45, 2.75) is 76.6 Å². The lowest BCUT2D eigenvalue weighted by Gasteiger charge is -2.48. The number of likely N-dealkylation sites (tertiary alicyclic amines) is 1. The van der Waals surface area contributed by atoms with Gasteiger partial charge in [-0.05, 0) is 82.2 Å². The predicted octanol–water partition coefficient (Wildman–Crippen LogP) is 6.30. The van der Waals surface area contributed by atoms with Gasteiger partial charge >= 0.3 is 5.97 Å². The highest BCUT2D eigenvalue weighted by Gasteiger charge is 2.51. The first kappa shape index (κ1) is 32.9. The summed E-state index contributed by atoms with van der Waals surface area (Å²) in [5, 5.41) is 2.83. The van der Waals surface area contributed by atoms with Crippen molar-refractivity contribution in [3.8, 4) is 5.75 Å². The summed E-state index contributed by atoms with van der Waals surface area (Å²) in [5.74, 6) is -0.977. The SMILES string of the molecule is COC(=O)c1ccc(NC(=O)C[C@@]2(C)CCC(c3ccc(Cl)c(F)c3)N(C(CS(=O)C(C)(C)C)C3CC3)C2=O)cc1OC. The zero-order valence-electron chi connectivity index (χ0n) is 25.5. The van der Waals surface area contributed by atoms with Gasteiger partial charge in [-0.3, -0.25) is 13.8 Å². The molecule has 43 heavy (non-hydrogen) atoms. The van der Waals surface area contributed by atoms with Crippen LogP contribution >= 0.6 is 11.6 Å². The van der Waals surface area contributed by atoms with E-state index in [1.807, 2.05) is 20.8 Å². The van der Waals surface area contributed by atoms with E-state index in [1.54, 1.807) is 24.0 Å². The number of benzene rings is 2. The highest BCUT2D eigenvalue weighted by atomic mass is 35.5. The number of esters is 1. The van der Waals surface area contributed by atoms with Gasteiger partial charge in [-0.25, -0.2) is 9.18 Å². The van der Waals surface area contributed by atoms with Crippen LogP contribution in [0.3, 0.4) is 0 Å². The maximum Gasteiger partial charge on any atom is 0.341 e. The summed E-state index contributed by atoms with van der Waals surface area (Å²) in [6.07, 6.45) is 2.64. The number of ether oxygens (including phenoxy) is 2. The maximum atomic E-state index is 14.6. The third-order valence-corrected chi connectivity index (χ3v) is 10.7. The van der Waals surface area contributed by atoms with Crippen LogP contribution in [0, 0.1) is 17.2 Å². The highest BCUT2D eigenvalue weighted by Crippen LogP contribution is 2.48. The second-order valence-electron chi connectivity index (χ2n) is 12.7. The number of amides is 2. The molecule has 4 atom stereocenters. The van der Waals surface area contributed by atoms with Crippen molar-refractivity contribution in [1.29, 1.82) is 0 Å². The van der Waals surface area contributed by atoms with E-state index in [9.17, 15) is 23.0 Å². The van der Waals surface area contributed by atoms with Crippen LogP contribution in [0.15, 0.2) is 36.4 Å². The van der Waals surface area contributed by atoms with Crippen molar-refractivity contribution in [3.63, 3.8) is 0 Å². The van der Waals surface area contributed by atoms with Gasteiger partial charge in [-0.2, -0.15) is 0 Å². The molecule has 2 amide bonds. The van der Waals surface area contributed by atoms with Crippen molar-refractivity contribution in [1.82, 2.24) is 4.90 Å². The summed E-state index contributed by atoms with van der Waals surface area (Å²) in [5.41, 5.74) is 0.213. The Bertz CT molecular complexity index is 1430. The molecule has 2 aromatic rings. The van der Waals surface area contributed by atoms with Crippen LogP contribution < -0.4 is 10.1 Å². The van der Waals surface area contributed by atoms with Crippen molar-refractivity contribution < 1.29 is 32.5 Å². The Kier molecular flexibility index (Phi) is 9.91. The Labute approximate surface area is 260 Å². The quantitative estimate of drug-likeness (QED) is 0.308. The number of nitrogens with zero attached hydrogens (tertiary/aromatic N) is 1. The van der Waals surface area contributed by atoms with Crippen molar-refractivity contribution in [2.75, 3.05) is 25.3 Å². The average molecular weight is 635 g/mol. The van der Waals surface area contributed by atoms with E-state index in [0.717, 1.165) is 12.8 Å². The number of methoxy groups -OCH3 is 2. The monoisotopic (exact) mass is 634 g/mol. The molecule has 8 nitrogen and oxygen atoms in total. The van der Waals surface area contributed by atoms with Gasteiger partial charge in [0.2, 0.25) is 11.8 Å². The standard InChI is InChI=1S/C32H40ClFN2O6S/c1-31(2,3)43(40)18-26(19-7-8-19)36-25(20-9-12-23(33)24(34)15-20)13-14-32(4,30(36)39)17-28(37)35-21-10-11-22(29(38)42-6)27(16-21)41-5/h9-12,15-16,19,25-26H,7-8,13-14,17-18H2,1-6H3,(H,35,37)/t25?,26?,32-,43?/m1/s1. The molecule has 2 fully saturated rings. The largest absolute Gasteiger partial charge is 0.496 e. The minimum absolute atomic E-state index is 0.00257. The van der Waals surface area contributed by atoms with Gasteiger partial charge in [-0.1, -0.05) is 24.6 Å². The molecule has 1 saturated carbocycles. The molecule has 234 valence electrons. The molecule has 0 spiro atoms. The summed E-state index contributed by atoms with van der Waals surface area (Å²) in [4.78, 5) is 41.6. The molecule has 2 aromatic carbocycles. The molecule has 1 aliphatic carbocycles. The molecule has 1 N–H and O–H groups in total. The van der Waals surface area contributed by atoms with Crippen LogP contribution in [-0.2, 0) is 25.1 Å². The van der Waals surface area contributed by atoms with Crippen molar-refractivity contribution in [2.24, 2.45) is 11.3 Å². The number of carbonyl (C=O) groups is 3. The molecule has 4 rings (SSSR count). The minimum atomic E-state index is -1.23. The fraction of sp³-hybridized carbons (Fsp3) is 0.531. The maximum absolute atomic E-state index is 14.6. The number of hydrogen-bond acceptors (Lipinski definition) is 6. The van der Waals surface area contributed by atoms with E-state index in [2.05, 4.69) is 5.32 Å². The number of hydrogen-bond donors (Lipinski definition) is 1. The molecular weight excluding hydrogens is 595 g/mol. The van der Waals surface area contributed by atoms with Gasteiger partial charge in [-0.15, -0.1) is 0 Å². The Hall–Kier alpha value is -2.98. The summed E-state index contributed by atoms with van der Waals surface area (Å²) in [6.45, 7) is 7.53. The zero-order chi connectivity index (χ0) is 31.7. The van der Waals surface area contributed by atoms with Crippen LogP contribution in [0.4, 0.5) is 10.1 Å². The highest BCUT2D eigenvalue weighted by molar-refractivity contribution is 7.86. The smallest absolute Gasteiger partial charge is 0.341 e. The molecule has 0 bridgehead atoms. The Morgan fingerprint density at radius 3 is 2.44 bits per heavy atom. The first-order chi connectivity index (χ1) is 20.2. The third kappa shape index (κ3) is 7.40. The molecular formula is C32H40ClFN2O6S. The van der Waals surface area contributed by atoms with Gasteiger partial charge in [0.1, 0.15) is 17.1 Å². The topological polar surface area (TPSA) is 102 Å². The van der Waals surface area contributed by atoms with Crippen LogP contribution in [0.1, 0.15) is 81.8 Å². The molecule has 11 heteroatoms. The summed E-state index contributed by atoms with van der Waals surface area (Å²) in [7, 11) is 1.45.